The van der Waals surface area contributed by atoms with Gasteiger partial charge in [0.05, 0.1) is 13.7 Å². The standard InChI is InChI=1S/C11H12F3NO7S/c1-21-9(16)3-2-7-6-15(10(17)18)5-4-8(7)22-23(19,20)11(12,13)14/h2-3H,4-6H2,1H3,(H,17,18)/b3-2+. The Hall–Kier alpha value is -2.24. The van der Waals surface area contributed by atoms with Crippen molar-refractivity contribution in [3.63, 3.8) is 0 Å². The molecule has 0 saturated heterocycles. The average Bonchev–Trinajstić information content (AvgIpc) is 2.43. The smallest absolute Gasteiger partial charge is 0.466 e. The highest BCUT2D eigenvalue weighted by Crippen LogP contribution is 2.30. The molecule has 130 valence electrons. The second kappa shape index (κ2) is 6.89. The summed E-state index contributed by atoms with van der Waals surface area (Å²) in [6.45, 7) is -0.695. The third-order valence-corrected chi connectivity index (χ3v) is 3.70. The Bertz CT molecular complexity index is 651. The molecule has 0 aromatic carbocycles. The molecule has 23 heavy (non-hydrogen) atoms. The van der Waals surface area contributed by atoms with Crippen LogP contribution < -0.4 is 0 Å². The van der Waals surface area contributed by atoms with Crippen LogP contribution in [0, 0.1) is 0 Å². The topological polar surface area (TPSA) is 110 Å². The molecule has 0 saturated carbocycles. The Balaban J connectivity index is 3.16. The molecular formula is C11H12F3NO7S. The summed E-state index contributed by atoms with van der Waals surface area (Å²) in [4.78, 5) is 22.7. The fraction of sp³-hybridized carbons (Fsp3) is 0.455. The predicted molar refractivity (Wildman–Crippen MR) is 68.5 cm³/mol. The van der Waals surface area contributed by atoms with E-state index in [2.05, 4.69) is 8.92 Å². The van der Waals surface area contributed by atoms with Crippen molar-refractivity contribution in [2.24, 2.45) is 0 Å². The van der Waals surface area contributed by atoms with Crippen molar-refractivity contribution in [1.29, 1.82) is 0 Å². The Morgan fingerprint density at radius 1 is 1.35 bits per heavy atom. The lowest BCUT2D eigenvalue weighted by Gasteiger charge is -2.27. The Morgan fingerprint density at radius 2 is 1.96 bits per heavy atom. The lowest BCUT2D eigenvalue weighted by atomic mass is 10.1. The van der Waals surface area contributed by atoms with Gasteiger partial charge in [-0.25, -0.2) is 9.59 Å². The van der Waals surface area contributed by atoms with Crippen LogP contribution in [-0.4, -0.2) is 56.2 Å². The van der Waals surface area contributed by atoms with E-state index in [1.54, 1.807) is 0 Å². The third kappa shape index (κ3) is 4.87. The second-order valence-corrected chi connectivity index (χ2v) is 5.78. The first-order valence-electron chi connectivity index (χ1n) is 5.94. The van der Waals surface area contributed by atoms with Gasteiger partial charge in [-0.3, -0.25) is 0 Å². The number of esters is 1. The van der Waals surface area contributed by atoms with Crippen LogP contribution in [0.15, 0.2) is 23.5 Å². The first-order chi connectivity index (χ1) is 10.5. The zero-order chi connectivity index (χ0) is 17.8. The summed E-state index contributed by atoms with van der Waals surface area (Å²) < 4.78 is 67.5. The van der Waals surface area contributed by atoms with E-state index >= 15 is 0 Å². The van der Waals surface area contributed by atoms with Gasteiger partial charge in [0.1, 0.15) is 5.76 Å². The fourth-order valence-electron chi connectivity index (χ4n) is 1.59. The molecule has 8 nitrogen and oxygen atoms in total. The number of hydrogen-bond donors (Lipinski definition) is 1. The molecule has 0 aromatic heterocycles. The van der Waals surface area contributed by atoms with Crippen LogP contribution in [0.25, 0.3) is 0 Å². The number of halogens is 3. The number of methoxy groups -OCH3 is 1. The summed E-state index contributed by atoms with van der Waals surface area (Å²) in [6.07, 6.45) is 0.00111. The van der Waals surface area contributed by atoms with Gasteiger partial charge in [-0.2, -0.15) is 21.6 Å². The maximum Gasteiger partial charge on any atom is 0.534 e. The molecule has 1 heterocycles. The Labute approximate surface area is 128 Å². The maximum atomic E-state index is 12.4. The fourth-order valence-corrected chi connectivity index (χ4v) is 2.14. The average molecular weight is 359 g/mol. The van der Waals surface area contributed by atoms with E-state index in [4.69, 9.17) is 5.11 Å². The van der Waals surface area contributed by atoms with Gasteiger partial charge in [-0.15, -0.1) is 0 Å². The highest BCUT2D eigenvalue weighted by Gasteiger charge is 2.49. The van der Waals surface area contributed by atoms with Crippen LogP contribution in [0.3, 0.4) is 0 Å². The molecule has 1 rings (SSSR count). The van der Waals surface area contributed by atoms with E-state index in [1.807, 2.05) is 0 Å². The number of nitrogens with zero attached hydrogens (tertiary/aromatic N) is 1. The van der Waals surface area contributed by atoms with E-state index in [1.165, 1.54) is 0 Å². The molecule has 1 amide bonds. The molecule has 0 radical (unpaired) electrons. The minimum Gasteiger partial charge on any atom is -0.466 e. The number of carbonyl (C=O) groups excluding carboxylic acids is 1. The number of alkyl halides is 3. The van der Waals surface area contributed by atoms with Crippen LogP contribution in [0.2, 0.25) is 0 Å². The quantitative estimate of drug-likeness (QED) is 0.348. The maximum absolute atomic E-state index is 12.4. The summed E-state index contributed by atoms with van der Waals surface area (Å²) in [5.41, 5.74) is -5.82. The highest BCUT2D eigenvalue weighted by molar-refractivity contribution is 7.87. The normalized spacial score (nSPS) is 16.6. The van der Waals surface area contributed by atoms with Crippen LogP contribution in [0.5, 0.6) is 0 Å². The molecule has 0 aliphatic carbocycles. The monoisotopic (exact) mass is 359 g/mol. The van der Waals surface area contributed by atoms with Gasteiger partial charge in [0.15, 0.2) is 0 Å². The van der Waals surface area contributed by atoms with Crippen molar-refractivity contribution in [2.75, 3.05) is 20.2 Å². The van der Waals surface area contributed by atoms with Crippen molar-refractivity contribution < 1.29 is 45.2 Å². The molecule has 0 fully saturated rings. The van der Waals surface area contributed by atoms with E-state index in [0.717, 1.165) is 24.2 Å². The second-order valence-electron chi connectivity index (χ2n) is 4.24. The number of ether oxygens (including phenoxy) is 1. The van der Waals surface area contributed by atoms with Crippen molar-refractivity contribution in [3.8, 4) is 0 Å². The number of carboxylic acid groups (broad SMARTS) is 1. The van der Waals surface area contributed by atoms with Gasteiger partial charge < -0.3 is 18.9 Å². The minimum absolute atomic E-state index is 0.197. The first kappa shape index (κ1) is 18.8. The molecule has 0 unspecified atom stereocenters. The molecule has 0 spiro atoms. The number of amides is 1. The van der Waals surface area contributed by atoms with Crippen LogP contribution in [0.4, 0.5) is 18.0 Å². The molecule has 1 aliphatic rings. The first-order valence-corrected chi connectivity index (χ1v) is 7.35. The summed E-state index contributed by atoms with van der Waals surface area (Å²) in [5.74, 6) is -1.44. The van der Waals surface area contributed by atoms with Crippen LogP contribution in [-0.2, 0) is 23.8 Å². The minimum atomic E-state index is -5.89. The number of carbonyl (C=O) groups is 2. The number of hydrogen-bond acceptors (Lipinski definition) is 6. The van der Waals surface area contributed by atoms with Crippen molar-refractivity contribution in [1.82, 2.24) is 4.90 Å². The molecule has 0 atom stereocenters. The SMILES string of the molecule is COC(=O)/C=C/C1=C(OS(=O)(=O)C(F)(F)F)CCN(C(=O)O)C1. The largest absolute Gasteiger partial charge is 0.534 e. The highest BCUT2D eigenvalue weighted by atomic mass is 32.2. The zero-order valence-corrected chi connectivity index (χ0v) is 12.5. The van der Waals surface area contributed by atoms with E-state index in [-0.39, 0.29) is 12.1 Å². The summed E-state index contributed by atoms with van der Waals surface area (Å²) >= 11 is 0. The van der Waals surface area contributed by atoms with Crippen LogP contribution >= 0.6 is 0 Å². The molecular weight excluding hydrogens is 347 g/mol. The van der Waals surface area contributed by atoms with Gasteiger partial charge >= 0.3 is 27.7 Å². The van der Waals surface area contributed by atoms with Gasteiger partial charge in [-0.1, -0.05) is 0 Å². The zero-order valence-electron chi connectivity index (χ0n) is 11.7. The predicted octanol–water partition coefficient (Wildman–Crippen LogP) is 1.22. The molecule has 1 aliphatic heterocycles. The molecule has 1 N–H and O–H groups in total. The summed E-state index contributed by atoms with van der Waals surface area (Å²) in [5, 5.41) is 8.88. The van der Waals surface area contributed by atoms with E-state index < -0.39 is 46.4 Å². The van der Waals surface area contributed by atoms with Gasteiger partial charge in [0, 0.05) is 24.6 Å². The van der Waals surface area contributed by atoms with E-state index in [0.29, 0.717) is 0 Å². The van der Waals surface area contributed by atoms with Crippen molar-refractivity contribution in [3.05, 3.63) is 23.5 Å². The molecule has 0 bridgehead atoms. The lowest BCUT2D eigenvalue weighted by Crippen LogP contribution is -2.37. The van der Waals surface area contributed by atoms with Gasteiger partial charge in [0.2, 0.25) is 0 Å². The third-order valence-electron chi connectivity index (χ3n) is 2.71. The molecule has 0 aromatic rings. The summed E-state index contributed by atoms with van der Waals surface area (Å²) in [7, 11) is -4.83. The number of rotatable bonds is 4. The van der Waals surface area contributed by atoms with Crippen molar-refractivity contribution in [2.45, 2.75) is 11.9 Å². The Kier molecular flexibility index (Phi) is 5.64. The van der Waals surface area contributed by atoms with Crippen molar-refractivity contribution >= 4 is 22.2 Å². The molecule has 12 heteroatoms. The lowest BCUT2D eigenvalue weighted by molar-refractivity contribution is -0.134. The van der Waals surface area contributed by atoms with E-state index in [9.17, 15) is 31.2 Å². The Morgan fingerprint density at radius 3 is 2.43 bits per heavy atom. The van der Waals surface area contributed by atoms with Gasteiger partial charge in [0.25, 0.3) is 0 Å². The summed E-state index contributed by atoms with van der Waals surface area (Å²) in [6, 6.07) is 0. The van der Waals surface area contributed by atoms with Gasteiger partial charge in [-0.05, 0) is 6.08 Å². The van der Waals surface area contributed by atoms with Crippen LogP contribution in [0.1, 0.15) is 6.42 Å².